The van der Waals surface area contributed by atoms with Gasteiger partial charge in [-0.05, 0) is 42.2 Å². The minimum Gasteiger partial charge on any atom is -0.493 e. The first kappa shape index (κ1) is 11.4. The summed E-state index contributed by atoms with van der Waals surface area (Å²) in [4.78, 5) is 10.8. The Morgan fingerprint density at radius 1 is 1.59 bits per heavy atom. The van der Waals surface area contributed by atoms with Crippen LogP contribution in [0, 0.1) is 0 Å². The van der Waals surface area contributed by atoms with Crippen molar-refractivity contribution in [3.63, 3.8) is 0 Å². The van der Waals surface area contributed by atoms with Crippen molar-refractivity contribution in [1.82, 2.24) is 5.43 Å². The lowest BCUT2D eigenvalue weighted by Gasteiger charge is -2.16. The van der Waals surface area contributed by atoms with Gasteiger partial charge >= 0.3 is 6.09 Å². The predicted octanol–water partition coefficient (Wildman–Crippen LogP) is 1.70. The number of fused-ring (bicyclic) bond motifs is 1. The van der Waals surface area contributed by atoms with Gasteiger partial charge in [-0.3, -0.25) is 0 Å². The zero-order chi connectivity index (χ0) is 12.1. The molecule has 1 amide bonds. The molecule has 1 aromatic rings. The fraction of sp³-hybridized carbons (Fsp3) is 0.333. The summed E-state index contributed by atoms with van der Waals surface area (Å²) in [5.74, 6) is 0.939. The van der Waals surface area contributed by atoms with E-state index in [1.807, 2.05) is 18.2 Å². The lowest BCUT2D eigenvalue weighted by atomic mass is 10.0. The van der Waals surface area contributed by atoms with Gasteiger partial charge in [0.15, 0.2) is 0 Å². The molecule has 1 aliphatic rings. The monoisotopic (exact) mass is 234 g/mol. The quantitative estimate of drug-likeness (QED) is 0.626. The van der Waals surface area contributed by atoms with E-state index >= 15 is 0 Å². The number of rotatable bonds is 2. The number of ether oxygens (including phenoxy) is 2. The van der Waals surface area contributed by atoms with E-state index in [-0.39, 0.29) is 0 Å². The molecule has 1 heterocycles. The number of carbonyl (C=O) groups excluding carboxylic acids is 1. The number of hydrazone groups is 1. The van der Waals surface area contributed by atoms with Crippen molar-refractivity contribution in [1.29, 1.82) is 0 Å². The summed E-state index contributed by atoms with van der Waals surface area (Å²) in [6.07, 6.45) is 3.05. The summed E-state index contributed by atoms with van der Waals surface area (Å²) >= 11 is 0. The first-order valence-electron chi connectivity index (χ1n) is 5.42. The molecule has 1 N–H and O–H groups in total. The number of nitrogens with one attached hydrogen (secondary N) is 1. The molecule has 90 valence electrons. The van der Waals surface area contributed by atoms with Crippen molar-refractivity contribution in [2.24, 2.45) is 5.10 Å². The van der Waals surface area contributed by atoms with Gasteiger partial charge in [0.1, 0.15) is 5.75 Å². The highest BCUT2D eigenvalue weighted by Crippen LogP contribution is 2.24. The standard InChI is InChI=1S/C12H14N2O3/c1-16-12(15)14-13-8-9-4-5-11-10(7-9)3-2-6-17-11/h4-5,7-8H,2-3,6H2,1H3,(H,14,15). The van der Waals surface area contributed by atoms with Gasteiger partial charge < -0.3 is 9.47 Å². The summed E-state index contributed by atoms with van der Waals surface area (Å²) in [5.41, 5.74) is 4.34. The molecule has 0 atom stereocenters. The Hall–Kier alpha value is -2.04. The molecule has 0 fully saturated rings. The second-order valence-corrected chi connectivity index (χ2v) is 3.68. The highest BCUT2D eigenvalue weighted by molar-refractivity contribution is 5.81. The van der Waals surface area contributed by atoms with E-state index in [0.29, 0.717) is 0 Å². The van der Waals surface area contributed by atoms with Gasteiger partial charge in [0.2, 0.25) is 0 Å². The number of hydrogen-bond acceptors (Lipinski definition) is 4. The first-order chi connectivity index (χ1) is 8.29. The largest absolute Gasteiger partial charge is 0.493 e. The van der Waals surface area contributed by atoms with Crippen molar-refractivity contribution >= 4 is 12.3 Å². The maximum atomic E-state index is 10.8. The van der Waals surface area contributed by atoms with Gasteiger partial charge in [0.25, 0.3) is 0 Å². The molecule has 17 heavy (non-hydrogen) atoms. The van der Waals surface area contributed by atoms with Crippen LogP contribution in [-0.4, -0.2) is 26.0 Å². The van der Waals surface area contributed by atoms with E-state index in [0.717, 1.165) is 30.8 Å². The highest BCUT2D eigenvalue weighted by Gasteiger charge is 2.09. The van der Waals surface area contributed by atoms with Gasteiger partial charge in [0.05, 0.1) is 19.9 Å². The van der Waals surface area contributed by atoms with Crippen LogP contribution < -0.4 is 10.2 Å². The number of methoxy groups -OCH3 is 1. The molecule has 5 nitrogen and oxygen atoms in total. The van der Waals surface area contributed by atoms with E-state index in [1.165, 1.54) is 12.7 Å². The summed E-state index contributed by atoms with van der Waals surface area (Å²) in [5, 5.41) is 3.77. The SMILES string of the molecule is COC(=O)NN=Cc1ccc2c(c1)CCCO2. The zero-order valence-electron chi connectivity index (χ0n) is 9.60. The third-order valence-corrected chi connectivity index (χ3v) is 2.49. The lowest BCUT2D eigenvalue weighted by molar-refractivity contribution is 0.171. The Kier molecular flexibility index (Phi) is 3.59. The van der Waals surface area contributed by atoms with Crippen LogP contribution in [0.3, 0.4) is 0 Å². The van der Waals surface area contributed by atoms with Gasteiger partial charge in [-0.2, -0.15) is 5.10 Å². The number of hydrogen-bond donors (Lipinski definition) is 1. The molecular formula is C12H14N2O3. The highest BCUT2D eigenvalue weighted by atomic mass is 16.5. The summed E-state index contributed by atoms with van der Waals surface area (Å²) in [7, 11) is 1.29. The predicted molar refractivity (Wildman–Crippen MR) is 63.4 cm³/mol. The molecule has 1 aromatic carbocycles. The third kappa shape index (κ3) is 2.96. The van der Waals surface area contributed by atoms with Gasteiger partial charge in [-0.1, -0.05) is 0 Å². The average Bonchev–Trinajstić information content (AvgIpc) is 2.38. The zero-order valence-corrected chi connectivity index (χ0v) is 9.60. The smallest absolute Gasteiger partial charge is 0.427 e. The van der Waals surface area contributed by atoms with E-state index in [2.05, 4.69) is 15.3 Å². The fourth-order valence-electron chi connectivity index (χ4n) is 1.67. The summed E-state index contributed by atoms with van der Waals surface area (Å²) < 4.78 is 9.90. The summed E-state index contributed by atoms with van der Waals surface area (Å²) in [6, 6.07) is 5.83. The van der Waals surface area contributed by atoms with Crippen LogP contribution in [0.25, 0.3) is 0 Å². The number of benzene rings is 1. The van der Waals surface area contributed by atoms with Crippen LogP contribution in [0.4, 0.5) is 4.79 Å². The van der Waals surface area contributed by atoms with Crippen LogP contribution >= 0.6 is 0 Å². The van der Waals surface area contributed by atoms with E-state index in [9.17, 15) is 4.79 Å². The fourth-order valence-corrected chi connectivity index (χ4v) is 1.67. The molecule has 0 aliphatic carbocycles. The van der Waals surface area contributed by atoms with Gasteiger partial charge in [0, 0.05) is 0 Å². The van der Waals surface area contributed by atoms with Crippen LogP contribution in [0.15, 0.2) is 23.3 Å². The third-order valence-electron chi connectivity index (χ3n) is 2.49. The molecular weight excluding hydrogens is 220 g/mol. The molecule has 1 aliphatic heterocycles. The minimum absolute atomic E-state index is 0.581. The van der Waals surface area contributed by atoms with E-state index in [4.69, 9.17) is 4.74 Å². The van der Waals surface area contributed by atoms with Crippen molar-refractivity contribution in [3.05, 3.63) is 29.3 Å². The van der Waals surface area contributed by atoms with Crippen molar-refractivity contribution in [2.45, 2.75) is 12.8 Å². The molecule has 0 saturated carbocycles. The Labute approximate surface area is 99.4 Å². The number of carbonyl (C=O) groups is 1. The average molecular weight is 234 g/mol. The van der Waals surface area contributed by atoms with Crippen molar-refractivity contribution in [3.8, 4) is 5.75 Å². The normalized spacial score (nSPS) is 13.9. The molecule has 0 aromatic heterocycles. The number of aryl methyl sites for hydroxylation is 1. The maximum Gasteiger partial charge on any atom is 0.427 e. The van der Waals surface area contributed by atoms with Crippen LogP contribution in [0.1, 0.15) is 17.5 Å². The van der Waals surface area contributed by atoms with E-state index in [1.54, 1.807) is 6.21 Å². The van der Waals surface area contributed by atoms with Crippen LogP contribution in [0.5, 0.6) is 5.75 Å². The van der Waals surface area contributed by atoms with Crippen molar-refractivity contribution < 1.29 is 14.3 Å². The Balaban J connectivity index is 2.04. The number of nitrogens with zero attached hydrogens (tertiary/aromatic N) is 1. The van der Waals surface area contributed by atoms with Crippen LogP contribution in [0.2, 0.25) is 0 Å². The molecule has 0 spiro atoms. The second-order valence-electron chi connectivity index (χ2n) is 3.68. The summed E-state index contributed by atoms with van der Waals surface area (Å²) in [6.45, 7) is 0.782. The van der Waals surface area contributed by atoms with Gasteiger partial charge in [-0.15, -0.1) is 0 Å². The lowest BCUT2D eigenvalue weighted by Crippen LogP contribution is -2.16. The molecule has 0 bridgehead atoms. The molecule has 5 heteroatoms. The van der Waals surface area contributed by atoms with Crippen molar-refractivity contribution in [2.75, 3.05) is 13.7 Å². The molecule has 0 saturated heterocycles. The van der Waals surface area contributed by atoms with Crippen LogP contribution in [-0.2, 0) is 11.2 Å². The Bertz CT molecular complexity index is 443. The topological polar surface area (TPSA) is 59.9 Å². The first-order valence-corrected chi connectivity index (χ1v) is 5.42. The Morgan fingerprint density at radius 3 is 3.29 bits per heavy atom. The molecule has 2 rings (SSSR count). The maximum absolute atomic E-state index is 10.8. The molecule has 0 unspecified atom stereocenters. The number of amides is 1. The Morgan fingerprint density at radius 2 is 2.47 bits per heavy atom. The second kappa shape index (κ2) is 5.34. The minimum atomic E-state index is -0.581. The van der Waals surface area contributed by atoms with E-state index < -0.39 is 6.09 Å². The van der Waals surface area contributed by atoms with Gasteiger partial charge in [-0.25, -0.2) is 10.2 Å². The molecule has 0 radical (unpaired) electrons.